The Morgan fingerprint density at radius 2 is 2.07 bits per heavy atom. The third kappa shape index (κ3) is 3.86. The monoisotopic (exact) mass is 235 g/mol. The van der Waals surface area contributed by atoms with E-state index in [1.54, 1.807) is 0 Å². The van der Waals surface area contributed by atoms with Crippen LogP contribution in [0.4, 0.5) is 0 Å². The number of carboxylic acids is 1. The molecule has 0 aromatic rings. The Morgan fingerprint density at radius 1 is 1.40 bits per heavy atom. The number of carbonyl (C=O) groups excluding carboxylic acids is 1. The van der Waals surface area contributed by atoms with Crippen molar-refractivity contribution in [1.82, 2.24) is 5.32 Å². The predicted molar refractivity (Wildman–Crippen MR) is 52.0 cm³/mol. The molecular formula is C8H13NO5S. The van der Waals surface area contributed by atoms with Crippen LogP contribution in [-0.4, -0.2) is 43.5 Å². The van der Waals surface area contributed by atoms with Crippen molar-refractivity contribution in [2.24, 2.45) is 5.92 Å². The topological polar surface area (TPSA) is 101 Å². The van der Waals surface area contributed by atoms with E-state index in [1.165, 1.54) is 0 Å². The Bertz CT molecular complexity index is 361. The van der Waals surface area contributed by atoms with Gasteiger partial charge in [-0.05, 0) is 6.42 Å². The Kier molecular flexibility index (Phi) is 3.67. The summed E-state index contributed by atoms with van der Waals surface area (Å²) >= 11 is 0. The second-order valence-electron chi connectivity index (χ2n) is 3.53. The second kappa shape index (κ2) is 4.61. The van der Waals surface area contributed by atoms with Gasteiger partial charge in [0.2, 0.25) is 5.91 Å². The fourth-order valence-corrected chi connectivity index (χ4v) is 3.18. The molecule has 6 nitrogen and oxygen atoms in total. The van der Waals surface area contributed by atoms with Crippen LogP contribution >= 0.6 is 0 Å². The van der Waals surface area contributed by atoms with E-state index in [9.17, 15) is 18.0 Å². The Labute approximate surface area is 87.6 Å². The van der Waals surface area contributed by atoms with E-state index in [2.05, 4.69) is 5.32 Å². The summed E-state index contributed by atoms with van der Waals surface area (Å²) in [6.07, 6.45) is 0.187. The van der Waals surface area contributed by atoms with Gasteiger partial charge in [0.15, 0.2) is 9.84 Å². The molecule has 1 saturated heterocycles. The molecule has 0 spiro atoms. The zero-order valence-electron chi connectivity index (χ0n) is 8.10. The van der Waals surface area contributed by atoms with Crippen molar-refractivity contribution in [1.29, 1.82) is 0 Å². The van der Waals surface area contributed by atoms with E-state index in [-0.39, 0.29) is 30.4 Å². The van der Waals surface area contributed by atoms with Crippen LogP contribution in [0.25, 0.3) is 0 Å². The first-order valence-electron chi connectivity index (χ1n) is 4.60. The minimum atomic E-state index is -3.06. The van der Waals surface area contributed by atoms with Crippen LogP contribution in [0, 0.1) is 5.92 Å². The Hall–Kier alpha value is -1.11. The van der Waals surface area contributed by atoms with Crippen LogP contribution in [-0.2, 0) is 19.4 Å². The normalized spacial score (nSPS) is 23.6. The zero-order valence-corrected chi connectivity index (χ0v) is 8.92. The van der Waals surface area contributed by atoms with Crippen LogP contribution in [0.1, 0.15) is 12.8 Å². The van der Waals surface area contributed by atoms with Gasteiger partial charge in [0.05, 0.1) is 23.8 Å². The molecule has 1 aliphatic rings. The molecule has 0 aromatic carbocycles. The van der Waals surface area contributed by atoms with E-state index in [0.29, 0.717) is 6.42 Å². The third-order valence-corrected chi connectivity index (χ3v) is 4.01. The summed E-state index contributed by atoms with van der Waals surface area (Å²) in [5, 5.41) is 10.7. The standard InChI is InChI=1S/C8H13NO5S/c10-7(11)1-3-9-8(12)6-2-4-15(13,14)5-6/h6H,1-5H2,(H,9,12)(H,10,11). The van der Waals surface area contributed by atoms with Crippen molar-refractivity contribution in [3.05, 3.63) is 0 Å². The number of aliphatic carboxylic acids is 1. The smallest absolute Gasteiger partial charge is 0.305 e. The fraction of sp³-hybridized carbons (Fsp3) is 0.750. The maximum absolute atomic E-state index is 11.3. The molecule has 0 saturated carbocycles. The van der Waals surface area contributed by atoms with Crippen molar-refractivity contribution >= 4 is 21.7 Å². The van der Waals surface area contributed by atoms with Gasteiger partial charge >= 0.3 is 5.97 Å². The lowest BCUT2D eigenvalue weighted by Gasteiger charge is -2.07. The molecule has 2 N–H and O–H groups in total. The average molecular weight is 235 g/mol. The lowest BCUT2D eigenvalue weighted by atomic mass is 10.1. The van der Waals surface area contributed by atoms with Crippen molar-refractivity contribution in [2.45, 2.75) is 12.8 Å². The molecule has 0 bridgehead atoms. The van der Waals surface area contributed by atoms with Crippen LogP contribution in [0.2, 0.25) is 0 Å². The molecule has 0 aliphatic carbocycles. The lowest BCUT2D eigenvalue weighted by Crippen LogP contribution is -2.32. The van der Waals surface area contributed by atoms with Gasteiger partial charge in [-0.1, -0.05) is 0 Å². The van der Waals surface area contributed by atoms with Gasteiger partial charge in [-0.15, -0.1) is 0 Å². The number of carboxylic acid groups (broad SMARTS) is 1. The highest BCUT2D eigenvalue weighted by molar-refractivity contribution is 7.91. The molecule has 1 atom stereocenters. The molecule has 1 amide bonds. The van der Waals surface area contributed by atoms with Crippen LogP contribution in [0.5, 0.6) is 0 Å². The molecule has 86 valence electrons. The lowest BCUT2D eigenvalue weighted by molar-refractivity contribution is -0.137. The molecule has 1 aliphatic heterocycles. The third-order valence-electron chi connectivity index (χ3n) is 2.24. The first kappa shape index (κ1) is 12.0. The Balaban J connectivity index is 2.33. The van der Waals surface area contributed by atoms with E-state index in [1.807, 2.05) is 0 Å². The van der Waals surface area contributed by atoms with E-state index in [4.69, 9.17) is 5.11 Å². The summed E-state index contributed by atoms with van der Waals surface area (Å²) in [7, 11) is -3.06. The SMILES string of the molecule is O=C(O)CCNC(=O)C1CCS(=O)(=O)C1. The number of hydrogen-bond donors (Lipinski definition) is 2. The number of amides is 1. The van der Waals surface area contributed by atoms with Crippen LogP contribution in [0.15, 0.2) is 0 Å². The number of rotatable bonds is 4. The first-order valence-corrected chi connectivity index (χ1v) is 6.43. The molecule has 7 heteroatoms. The highest BCUT2D eigenvalue weighted by Crippen LogP contribution is 2.18. The van der Waals surface area contributed by atoms with Gasteiger partial charge in [-0.2, -0.15) is 0 Å². The molecule has 1 rings (SSSR count). The summed E-state index contributed by atoms with van der Waals surface area (Å²) in [6.45, 7) is 0.0463. The minimum absolute atomic E-state index is 0.0457. The zero-order chi connectivity index (χ0) is 11.5. The highest BCUT2D eigenvalue weighted by Gasteiger charge is 2.32. The quantitative estimate of drug-likeness (QED) is 0.651. The van der Waals surface area contributed by atoms with E-state index < -0.39 is 21.7 Å². The average Bonchev–Trinajstić information content (AvgIpc) is 2.45. The Morgan fingerprint density at radius 3 is 2.53 bits per heavy atom. The number of hydrogen-bond acceptors (Lipinski definition) is 4. The maximum Gasteiger partial charge on any atom is 0.305 e. The second-order valence-corrected chi connectivity index (χ2v) is 5.76. The summed E-state index contributed by atoms with van der Waals surface area (Å²) in [6, 6.07) is 0. The number of carbonyl (C=O) groups is 2. The van der Waals surface area contributed by atoms with Gasteiger partial charge < -0.3 is 10.4 Å². The summed E-state index contributed by atoms with van der Waals surface area (Å²) in [5.41, 5.74) is 0. The van der Waals surface area contributed by atoms with E-state index >= 15 is 0 Å². The van der Waals surface area contributed by atoms with Gasteiger partial charge in [0, 0.05) is 6.54 Å². The molecule has 0 radical (unpaired) electrons. The van der Waals surface area contributed by atoms with Crippen LogP contribution < -0.4 is 5.32 Å². The minimum Gasteiger partial charge on any atom is -0.481 e. The van der Waals surface area contributed by atoms with Gasteiger partial charge in [0.25, 0.3) is 0 Å². The van der Waals surface area contributed by atoms with Crippen molar-refractivity contribution in [2.75, 3.05) is 18.1 Å². The highest BCUT2D eigenvalue weighted by atomic mass is 32.2. The van der Waals surface area contributed by atoms with Crippen molar-refractivity contribution < 1.29 is 23.1 Å². The molecule has 1 unspecified atom stereocenters. The summed E-state index contributed by atoms with van der Waals surface area (Å²) in [5.74, 6) is -1.94. The summed E-state index contributed by atoms with van der Waals surface area (Å²) < 4.78 is 22.1. The van der Waals surface area contributed by atoms with Gasteiger partial charge in [-0.25, -0.2) is 8.42 Å². The van der Waals surface area contributed by atoms with Crippen LogP contribution in [0.3, 0.4) is 0 Å². The summed E-state index contributed by atoms with van der Waals surface area (Å²) in [4.78, 5) is 21.5. The number of sulfone groups is 1. The fourth-order valence-electron chi connectivity index (χ4n) is 1.44. The number of nitrogens with one attached hydrogen (secondary N) is 1. The predicted octanol–water partition coefficient (Wildman–Crippen LogP) is -0.988. The molecule has 15 heavy (non-hydrogen) atoms. The molecular weight excluding hydrogens is 222 g/mol. The largest absolute Gasteiger partial charge is 0.481 e. The van der Waals surface area contributed by atoms with Gasteiger partial charge in [0.1, 0.15) is 0 Å². The van der Waals surface area contributed by atoms with Crippen molar-refractivity contribution in [3.63, 3.8) is 0 Å². The van der Waals surface area contributed by atoms with E-state index in [0.717, 1.165) is 0 Å². The van der Waals surface area contributed by atoms with Gasteiger partial charge in [-0.3, -0.25) is 9.59 Å². The molecule has 1 fully saturated rings. The molecule has 1 heterocycles. The molecule has 0 aromatic heterocycles. The maximum atomic E-state index is 11.3. The first-order chi connectivity index (χ1) is 6.91. The van der Waals surface area contributed by atoms with Crippen molar-refractivity contribution in [3.8, 4) is 0 Å².